The van der Waals surface area contributed by atoms with E-state index in [2.05, 4.69) is 36.6 Å². The number of hydrogen-bond acceptors (Lipinski definition) is 6. The van der Waals surface area contributed by atoms with Crippen LogP contribution in [0.15, 0.2) is 40.9 Å². The summed E-state index contributed by atoms with van der Waals surface area (Å²) in [7, 11) is 0. The second-order valence-electron chi connectivity index (χ2n) is 6.75. The summed E-state index contributed by atoms with van der Waals surface area (Å²) in [6.07, 6.45) is 0.288. The molecule has 2 heterocycles. The molecular formula is C18H16BrFN8O2. The van der Waals surface area contributed by atoms with Crippen LogP contribution >= 0.6 is 15.9 Å². The molecule has 0 spiro atoms. The number of carbonyl (C=O) groups is 2. The molecule has 0 aliphatic heterocycles. The average molecular weight is 475 g/mol. The fourth-order valence-electron chi connectivity index (χ4n) is 3.38. The molecule has 0 saturated carbocycles. The molecule has 2 unspecified atom stereocenters. The van der Waals surface area contributed by atoms with Crippen LogP contribution in [0.4, 0.5) is 4.39 Å². The van der Waals surface area contributed by atoms with Crippen LogP contribution in [0.25, 0.3) is 22.1 Å². The van der Waals surface area contributed by atoms with Gasteiger partial charge in [-0.05, 0) is 43.2 Å². The summed E-state index contributed by atoms with van der Waals surface area (Å²) in [6.45, 7) is 0. The Morgan fingerprint density at radius 1 is 0.900 bits per heavy atom. The van der Waals surface area contributed by atoms with Gasteiger partial charge in [0.1, 0.15) is 28.9 Å². The molecule has 4 rings (SSSR count). The highest BCUT2D eigenvalue weighted by Gasteiger charge is 2.27. The highest BCUT2D eigenvalue weighted by Crippen LogP contribution is 2.26. The zero-order chi connectivity index (χ0) is 21.4. The van der Waals surface area contributed by atoms with Crippen LogP contribution in [0.5, 0.6) is 0 Å². The molecule has 0 bridgehead atoms. The maximum atomic E-state index is 13.4. The fraction of sp³-hybridized carbons (Fsp3) is 0.222. The number of aromatic nitrogens is 6. The van der Waals surface area contributed by atoms with E-state index in [-0.39, 0.29) is 12.8 Å². The van der Waals surface area contributed by atoms with Crippen molar-refractivity contribution in [1.29, 1.82) is 0 Å². The third-order valence-electron chi connectivity index (χ3n) is 4.83. The third-order valence-corrected chi connectivity index (χ3v) is 5.32. The van der Waals surface area contributed by atoms with E-state index in [1.54, 1.807) is 18.2 Å². The molecule has 2 atom stereocenters. The van der Waals surface area contributed by atoms with Crippen LogP contribution < -0.4 is 11.5 Å². The van der Waals surface area contributed by atoms with E-state index in [4.69, 9.17) is 11.5 Å². The molecular weight excluding hydrogens is 459 g/mol. The first-order valence-corrected chi connectivity index (χ1v) is 9.74. The van der Waals surface area contributed by atoms with Crippen molar-refractivity contribution in [3.63, 3.8) is 0 Å². The summed E-state index contributed by atoms with van der Waals surface area (Å²) in [5.74, 6) is -1.76. The summed E-state index contributed by atoms with van der Waals surface area (Å²) in [4.78, 5) is 24.3. The maximum Gasteiger partial charge on any atom is 0.242 e. The second-order valence-corrected chi connectivity index (χ2v) is 7.66. The van der Waals surface area contributed by atoms with Gasteiger partial charge in [0.2, 0.25) is 11.8 Å². The van der Waals surface area contributed by atoms with Gasteiger partial charge in [-0.1, -0.05) is 26.4 Å². The number of carbonyl (C=O) groups excluding carboxylic acids is 2. The van der Waals surface area contributed by atoms with Crippen LogP contribution in [0, 0.1) is 5.82 Å². The Balaban J connectivity index is 1.64. The number of primary amides is 2. The number of rotatable bonds is 7. The molecule has 154 valence electrons. The number of halogens is 2. The van der Waals surface area contributed by atoms with Crippen molar-refractivity contribution in [1.82, 2.24) is 30.0 Å². The van der Waals surface area contributed by atoms with Crippen molar-refractivity contribution in [2.45, 2.75) is 24.9 Å². The molecule has 2 amide bonds. The number of amides is 2. The largest absolute Gasteiger partial charge is 0.368 e. The standard InChI is InChI=1S/C18H16BrFN8O2/c19-9-1-3-13-11(7-9)23-25-27(13)15(17(21)29)5-6-16(18(22)30)28-14-4-2-10(20)8-12(14)24-26-28/h1-4,7-8,15-16H,5-6H2,(H2,21,29)(H2,22,30). The van der Waals surface area contributed by atoms with Gasteiger partial charge in [-0.3, -0.25) is 9.59 Å². The van der Waals surface area contributed by atoms with Gasteiger partial charge in [0, 0.05) is 10.5 Å². The van der Waals surface area contributed by atoms with E-state index in [0.717, 1.165) is 4.47 Å². The second kappa shape index (κ2) is 7.78. The van der Waals surface area contributed by atoms with E-state index >= 15 is 0 Å². The van der Waals surface area contributed by atoms with E-state index in [1.165, 1.54) is 27.6 Å². The Hall–Kier alpha value is -3.41. The third kappa shape index (κ3) is 3.61. The monoisotopic (exact) mass is 474 g/mol. The number of benzene rings is 2. The molecule has 2 aromatic carbocycles. The first-order valence-electron chi connectivity index (χ1n) is 8.94. The number of nitrogens with zero attached hydrogens (tertiary/aromatic N) is 6. The van der Waals surface area contributed by atoms with Crippen molar-refractivity contribution in [2.75, 3.05) is 0 Å². The van der Waals surface area contributed by atoms with Gasteiger partial charge in [0.05, 0.1) is 11.0 Å². The minimum absolute atomic E-state index is 0.136. The topological polar surface area (TPSA) is 148 Å². The van der Waals surface area contributed by atoms with Crippen LogP contribution in [0.3, 0.4) is 0 Å². The minimum Gasteiger partial charge on any atom is -0.368 e. The highest BCUT2D eigenvalue weighted by molar-refractivity contribution is 9.10. The zero-order valence-corrected chi connectivity index (χ0v) is 17.0. The highest BCUT2D eigenvalue weighted by atomic mass is 79.9. The lowest BCUT2D eigenvalue weighted by atomic mass is 10.0. The molecule has 2 aromatic heterocycles. The quantitative estimate of drug-likeness (QED) is 0.415. The maximum absolute atomic E-state index is 13.4. The van der Waals surface area contributed by atoms with Crippen LogP contribution in [-0.4, -0.2) is 41.8 Å². The van der Waals surface area contributed by atoms with Gasteiger partial charge in [0.25, 0.3) is 0 Å². The van der Waals surface area contributed by atoms with Gasteiger partial charge in [0.15, 0.2) is 0 Å². The first-order chi connectivity index (χ1) is 14.3. The van der Waals surface area contributed by atoms with Gasteiger partial charge in [-0.25, -0.2) is 13.8 Å². The van der Waals surface area contributed by atoms with Crippen molar-refractivity contribution in [2.24, 2.45) is 11.5 Å². The number of hydrogen-bond donors (Lipinski definition) is 2. The summed E-state index contributed by atoms with van der Waals surface area (Å²) in [5.41, 5.74) is 13.1. The predicted octanol–water partition coefficient (Wildman–Crippen LogP) is 1.61. The van der Waals surface area contributed by atoms with E-state index in [0.29, 0.717) is 22.1 Å². The summed E-state index contributed by atoms with van der Waals surface area (Å²) >= 11 is 3.36. The normalized spacial score (nSPS) is 13.5. The summed E-state index contributed by atoms with van der Waals surface area (Å²) in [5, 5.41) is 16.0. The lowest BCUT2D eigenvalue weighted by Crippen LogP contribution is -2.31. The smallest absolute Gasteiger partial charge is 0.242 e. The van der Waals surface area contributed by atoms with E-state index in [1.807, 2.05) is 0 Å². The van der Waals surface area contributed by atoms with Gasteiger partial charge < -0.3 is 11.5 Å². The molecule has 0 saturated heterocycles. The molecule has 0 aliphatic carbocycles. The van der Waals surface area contributed by atoms with Crippen LogP contribution in [0.1, 0.15) is 24.9 Å². The molecule has 12 heteroatoms. The molecule has 0 fully saturated rings. The van der Waals surface area contributed by atoms with E-state index < -0.39 is 29.7 Å². The van der Waals surface area contributed by atoms with Crippen LogP contribution in [-0.2, 0) is 9.59 Å². The average Bonchev–Trinajstić information content (AvgIpc) is 3.28. The van der Waals surface area contributed by atoms with Crippen molar-refractivity contribution < 1.29 is 14.0 Å². The van der Waals surface area contributed by atoms with Crippen molar-refractivity contribution in [3.8, 4) is 0 Å². The Morgan fingerprint density at radius 3 is 1.93 bits per heavy atom. The summed E-state index contributed by atoms with van der Waals surface area (Å²) in [6, 6.07) is 7.48. The van der Waals surface area contributed by atoms with Crippen molar-refractivity contribution >= 4 is 49.8 Å². The molecule has 30 heavy (non-hydrogen) atoms. The van der Waals surface area contributed by atoms with Gasteiger partial charge >= 0.3 is 0 Å². The molecule has 4 aromatic rings. The van der Waals surface area contributed by atoms with Crippen LogP contribution in [0.2, 0.25) is 0 Å². The lowest BCUT2D eigenvalue weighted by molar-refractivity contribution is -0.124. The molecule has 0 radical (unpaired) electrons. The zero-order valence-electron chi connectivity index (χ0n) is 15.4. The predicted molar refractivity (Wildman–Crippen MR) is 108 cm³/mol. The van der Waals surface area contributed by atoms with Gasteiger partial charge in [-0.2, -0.15) is 0 Å². The lowest BCUT2D eigenvalue weighted by Gasteiger charge is -2.18. The molecule has 0 aliphatic rings. The SMILES string of the molecule is NC(=O)C(CCC(C(N)=O)n1nnc2cc(Br)ccc21)n1nnc2cc(F)ccc21. The number of nitrogens with two attached hydrogens (primary N) is 2. The Kier molecular flexibility index (Phi) is 5.16. The fourth-order valence-corrected chi connectivity index (χ4v) is 3.73. The number of fused-ring (bicyclic) bond motifs is 2. The minimum atomic E-state index is -0.911. The Bertz CT molecular complexity index is 1170. The Labute approximate surface area is 177 Å². The summed E-state index contributed by atoms with van der Waals surface area (Å²) < 4.78 is 17.0. The molecule has 4 N–H and O–H groups in total. The van der Waals surface area contributed by atoms with Gasteiger partial charge in [-0.15, -0.1) is 10.2 Å². The van der Waals surface area contributed by atoms with E-state index in [9.17, 15) is 14.0 Å². The molecule has 10 nitrogen and oxygen atoms in total. The van der Waals surface area contributed by atoms with Crippen molar-refractivity contribution in [3.05, 3.63) is 46.7 Å². The first kappa shape index (κ1) is 19.9. The Morgan fingerprint density at radius 2 is 1.40 bits per heavy atom.